The number of rotatable bonds is 7. The van der Waals surface area contributed by atoms with Crippen LogP contribution >= 0.6 is 12.2 Å². The summed E-state index contributed by atoms with van der Waals surface area (Å²) in [5, 5.41) is 8.31. The van der Waals surface area contributed by atoms with E-state index in [4.69, 9.17) is 26.5 Å². The molecule has 1 aliphatic rings. The molecule has 1 atom stereocenters. The summed E-state index contributed by atoms with van der Waals surface area (Å²) < 4.78 is 11.2. The molecular formula is C25H26N4O2S. The number of benzene rings is 2. The lowest BCUT2D eigenvalue weighted by Crippen LogP contribution is -2.45. The summed E-state index contributed by atoms with van der Waals surface area (Å²) >= 11 is 5.65. The van der Waals surface area contributed by atoms with Crippen molar-refractivity contribution in [3.63, 3.8) is 0 Å². The van der Waals surface area contributed by atoms with Crippen LogP contribution in [0.25, 0.3) is 17.0 Å². The Morgan fingerprint density at radius 1 is 1.25 bits per heavy atom. The van der Waals surface area contributed by atoms with Gasteiger partial charge in [-0.2, -0.15) is 4.98 Å². The van der Waals surface area contributed by atoms with Crippen molar-refractivity contribution in [3.05, 3.63) is 83.9 Å². The number of nitrogens with one attached hydrogen (secondary N) is 1. The Morgan fingerprint density at radius 2 is 2.03 bits per heavy atom. The predicted octanol–water partition coefficient (Wildman–Crippen LogP) is 5.16. The van der Waals surface area contributed by atoms with Gasteiger partial charge in [-0.3, -0.25) is 0 Å². The van der Waals surface area contributed by atoms with E-state index in [0.29, 0.717) is 23.4 Å². The van der Waals surface area contributed by atoms with Crippen LogP contribution in [-0.2, 0) is 6.42 Å². The highest BCUT2D eigenvalue weighted by Crippen LogP contribution is 2.38. The molecule has 0 amide bonds. The number of aryl methyl sites for hydroxylation is 1. The van der Waals surface area contributed by atoms with E-state index in [9.17, 15) is 0 Å². The van der Waals surface area contributed by atoms with Crippen molar-refractivity contribution in [2.75, 3.05) is 13.7 Å². The Balaban J connectivity index is 1.80. The summed E-state index contributed by atoms with van der Waals surface area (Å²) in [6.45, 7) is 8.58. The molecular weight excluding hydrogens is 420 g/mol. The molecule has 0 spiro atoms. The molecule has 7 heteroatoms. The molecule has 2 aromatic carbocycles. The fraction of sp³-hybridized carbons (Fsp3) is 0.240. The third-order valence-corrected chi connectivity index (χ3v) is 5.95. The third kappa shape index (κ3) is 4.16. The average Bonchev–Trinajstić information content (AvgIpc) is 3.31. The Bertz CT molecular complexity index is 1170. The maximum atomic E-state index is 5.77. The summed E-state index contributed by atoms with van der Waals surface area (Å²) in [4.78, 5) is 6.73. The summed E-state index contributed by atoms with van der Waals surface area (Å²) in [6.07, 6.45) is 2.80. The Labute approximate surface area is 193 Å². The summed E-state index contributed by atoms with van der Waals surface area (Å²) in [7, 11) is 1.65. The largest absolute Gasteiger partial charge is 0.497 e. The number of hydrogen-bond donors (Lipinski definition) is 1. The molecule has 6 nitrogen and oxygen atoms in total. The zero-order valence-corrected chi connectivity index (χ0v) is 19.3. The average molecular weight is 447 g/mol. The molecule has 0 saturated carbocycles. The van der Waals surface area contributed by atoms with Crippen LogP contribution in [0.15, 0.2) is 71.4 Å². The van der Waals surface area contributed by atoms with E-state index in [0.717, 1.165) is 34.6 Å². The first-order valence-corrected chi connectivity index (χ1v) is 10.9. The van der Waals surface area contributed by atoms with Crippen molar-refractivity contribution >= 4 is 22.9 Å². The van der Waals surface area contributed by atoms with Crippen LogP contribution < -0.4 is 10.1 Å². The van der Waals surface area contributed by atoms with Crippen LogP contribution in [0.1, 0.15) is 36.9 Å². The van der Waals surface area contributed by atoms with Gasteiger partial charge >= 0.3 is 0 Å². The number of allylic oxidation sites excluding steroid dienone is 1. The lowest BCUT2D eigenvalue weighted by atomic mass is 9.94. The smallest absolute Gasteiger partial charge is 0.258 e. The minimum atomic E-state index is -0.255. The summed E-state index contributed by atoms with van der Waals surface area (Å²) in [6, 6.07) is 15.8. The van der Waals surface area contributed by atoms with Gasteiger partial charge in [-0.1, -0.05) is 54.6 Å². The van der Waals surface area contributed by atoms with E-state index in [-0.39, 0.29) is 6.04 Å². The molecule has 0 bridgehead atoms. The summed E-state index contributed by atoms with van der Waals surface area (Å²) in [5.74, 6) is 1.77. The molecule has 4 rings (SSSR count). The predicted molar refractivity (Wildman–Crippen MR) is 130 cm³/mol. The molecule has 2 heterocycles. The molecule has 0 aliphatic carbocycles. The van der Waals surface area contributed by atoms with Crippen LogP contribution in [-0.4, -0.2) is 33.8 Å². The van der Waals surface area contributed by atoms with Gasteiger partial charge in [0, 0.05) is 17.8 Å². The third-order valence-electron chi connectivity index (χ3n) is 5.61. The van der Waals surface area contributed by atoms with Gasteiger partial charge in [-0.25, -0.2) is 0 Å². The van der Waals surface area contributed by atoms with Gasteiger partial charge in [0.2, 0.25) is 5.82 Å². The van der Waals surface area contributed by atoms with Crippen LogP contribution in [0.4, 0.5) is 0 Å². The fourth-order valence-corrected chi connectivity index (χ4v) is 4.15. The van der Waals surface area contributed by atoms with Crippen molar-refractivity contribution in [1.29, 1.82) is 0 Å². The summed E-state index contributed by atoms with van der Waals surface area (Å²) in [5.41, 5.74) is 4.98. The van der Waals surface area contributed by atoms with Crippen molar-refractivity contribution in [2.24, 2.45) is 0 Å². The van der Waals surface area contributed by atoms with Gasteiger partial charge in [-0.05, 0) is 48.8 Å². The monoisotopic (exact) mass is 446 g/mol. The highest BCUT2D eigenvalue weighted by Gasteiger charge is 2.33. The van der Waals surface area contributed by atoms with Gasteiger partial charge in [0.05, 0.1) is 18.7 Å². The topological polar surface area (TPSA) is 63.4 Å². The molecule has 3 aromatic rings. The van der Waals surface area contributed by atoms with Gasteiger partial charge in [0.25, 0.3) is 5.89 Å². The van der Waals surface area contributed by atoms with Crippen molar-refractivity contribution in [1.82, 2.24) is 20.4 Å². The van der Waals surface area contributed by atoms with Crippen LogP contribution in [0, 0.1) is 0 Å². The van der Waals surface area contributed by atoms with E-state index < -0.39 is 0 Å². The van der Waals surface area contributed by atoms with E-state index >= 15 is 0 Å². The quantitative estimate of drug-likeness (QED) is 0.397. The SMILES string of the molecule is C=CCN1C(=S)NC(c2cccc(OC)c2)C(c2nc(-c3ccc(CC)cc3)no2)=C1C. The molecule has 0 fully saturated rings. The van der Waals surface area contributed by atoms with Gasteiger partial charge in [0.15, 0.2) is 5.11 Å². The lowest BCUT2D eigenvalue weighted by Gasteiger charge is -2.36. The number of nitrogens with zero attached hydrogens (tertiary/aromatic N) is 3. The first-order valence-electron chi connectivity index (χ1n) is 10.5. The lowest BCUT2D eigenvalue weighted by molar-refractivity contribution is 0.398. The zero-order valence-electron chi connectivity index (χ0n) is 18.5. The highest BCUT2D eigenvalue weighted by atomic mass is 32.1. The first kappa shape index (κ1) is 21.8. The van der Waals surface area contributed by atoms with Gasteiger partial charge < -0.3 is 19.5 Å². The van der Waals surface area contributed by atoms with Gasteiger partial charge in [0.1, 0.15) is 5.75 Å². The minimum absolute atomic E-state index is 0.255. The fourth-order valence-electron chi connectivity index (χ4n) is 3.82. The van der Waals surface area contributed by atoms with Crippen LogP contribution in [0.5, 0.6) is 5.75 Å². The minimum Gasteiger partial charge on any atom is -0.497 e. The van der Waals surface area contributed by atoms with E-state index in [1.54, 1.807) is 7.11 Å². The normalized spacial score (nSPS) is 16.2. The second-order valence-corrected chi connectivity index (χ2v) is 7.92. The second kappa shape index (κ2) is 9.36. The second-order valence-electron chi connectivity index (χ2n) is 7.53. The van der Waals surface area contributed by atoms with E-state index in [1.807, 2.05) is 54.3 Å². The van der Waals surface area contributed by atoms with Crippen molar-refractivity contribution in [3.8, 4) is 17.1 Å². The van der Waals surface area contributed by atoms with Gasteiger partial charge in [-0.15, -0.1) is 6.58 Å². The molecule has 164 valence electrons. The molecule has 1 aliphatic heterocycles. The van der Waals surface area contributed by atoms with Crippen LogP contribution in [0.3, 0.4) is 0 Å². The Hall–Kier alpha value is -3.45. The van der Waals surface area contributed by atoms with E-state index in [2.05, 4.69) is 36.1 Å². The zero-order chi connectivity index (χ0) is 22.7. The van der Waals surface area contributed by atoms with Crippen molar-refractivity contribution in [2.45, 2.75) is 26.3 Å². The number of ether oxygens (including phenoxy) is 1. The number of hydrogen-bond acceptors (Lipinski definition) is 5. The molecule has 1 aromatic heterocycles. The number of thiocarbonyl (C=S) groups is 1. The maximum Gasteiger partial charge on any atom is 0.258 e. The molecule has 0 saturated heterocycles. The molecule has 1 N–H and O–H groups in total. The Kier molecular flexibility index (Phi) is 6.37. The molecule has 1 unspecified atom stereocenters. The molecule has 0 radical (unpaired) electrons. The standard InChI is InChI=1S/C25H26N4O2S/c1-5-14-29-16(3)21(22(26-25(29)32)19-8-7-9-20(15-19)30-4)24-27-23(28-31-24)18-12-10-17(6-2)11-13-18/h5,7-13,15,22H,1,6,14H2,2-4H3,(H,26,32). The van der Waals surface area contributed by atoms with Crippen molar-refractivity contribution < 1.29 is 9.26 Å². The van der Waals surface area contributed by atoms with E-state index in [1.165, 1.54) is 5.56 Å². The maximum absolute atomic E-state index is 5.77. The Morgan fingerprint density at radius 3 is 2.72 bits per heavy atom. The number of methoxy groups -OCH3 is 1. The van der Waals surface area contributed by atoms with Crippen LogP contribution in [0.2, 0.25) is 0 Å². The first-order chi connectivity index (χ1) is 15.5. The number of aromatic nitrogens is 2. The highest BCUT2D eigenvalue weighted by molar-refractivity contribution is 7.80. The molecule has 32 heavy (non-hydrogen) atoms.